The Morgan fingerprint density at radius 3 is 2.70 bits per heavy atom. The smallest absolute Gasteiger partial charge is 0.253 e. The fraction of sp³-hybridized carbons (Fsp3) is 0.533. The SMILES string of the molecule is NC(=O)C1CCN(C(=O)c2ccnc(C3CCC3)c2)C1. The van der Waals surface area contributed by atoms with E-state index < -0.39 is 0 Å². The summed E-state index contributed by atoms with van der Waals surface area (Å²) >= 11 is 0. The third-order valence-corrected chi connectivity index (χ3v) is 4.43. The van der Waals surface area contributed by atoms with E-state index in [1.54, 1.807) is 17.2 Å². The van der Waals surface area contributed by atoms with Crippen LogP contribution in [-0.4, -0.2) is 34.8 Å². The summed E-state index contributed by atoms with van der Waals surface area (Å²) < 4.78 is 0. The lowest BCUT2D eigenvalue weighted by Gasteiger charge is -2.25. The molecular weight excluding hydrogens is 254 g/mol. The number of hydrogen-bond acceptors (Lipinski definition) is 3. The predicted octanol–water partition coefficient (Wildman–Crippen LogP) is 1.30. The van der Waals surface area contributed by atoms with Crippen molar-refractivity contribution in [1.29, 1.82) is 0 Å². The highest BCUT2D eigenvalue weighted by Gasteiger charge is 2.30. The Labute approximate surface area is 118 Å². The first kappa shape index (κ1) is 13.1. The molecule has 2 heterocycles. The molecule has 0 radical (unpaired) electrons. The molecule has 2 N–H and O–H groups in total. The van der Waals surface area contributed by atoms with Gasteiger partial charge in [-0.25, -0.2) is 0 Å². The molecule has 5 heteroatoms. The number of carbonyl (C=O) groups is 2. The van der Waals surface area contributed by atoms with Gasteiger partial charge in [-0.05, 0) is 31.4 Å². The summed E-state index contributed by atoms with van der Waals surface area (Å²) in [6.07, 6.45) is 5.96. The van der Waals surface area contributed by atoms with Gasteiger partial charge in [0.1, 0.15) is 0 Å². The minimum absolute atomic E-state index is 0.0169. The number of carbonyl (C=O) groups excluding carboxylic acids is 2. The zero-order chi connectivity index (χ0) is 14.1. The fourth-order valence-electron chi connectivity index (χ4n) is 2.87. The number of likely N-dealkylation sites (tertiary alicyclic amines) is 1. The number of nitrogens with two attached hydrogens (primary N) is 1. The molecule has 0 bridgehead atoms. The summed E-state index contributed by atoms with van der Waals surface area (Å²) in [4.78, 5) is 29.7. The molecule has 3 rings (SSSR count). The van der Waals surface area contributed by atoms with Gasteiger partial charge in [-0.1, -0.05) is 6.42 Å². The summed E-state index contributed by atoms with van der Waals surface area (Å²) in [5.41, 5.74) is 7.00. The van der Waals surface area contributed by atoms with E-state index in [2.05, 4.69) is 4.98 Å². The summed E-state index contributed by atoms with van der Waals surface area (Å²) in [5.74, 6) is -0.0199. The van der Waals surface area contributed by atoms with Crippen molar-refractivity contribution in [3.63, 3.8) is 0 Å². The lowest BCUT2D eigenvalue weighted by molar-refractivity contribution is -0.121. The molecule has 1 aromatic rings. The third kappa shape index (κ3) is 2.40. The van der Waals surface area contributed by atoms with E-state index in [0.29, 0.717) is 31.0 Å². The van der Waals surface area contributed by atoms with Crippen molar-refractivity contribution in [1.82, 2.24) is 9.88 Å². The molecule has 1 atom stereocenters. The highest BCUT2D eigenvalue weighted by molar-refractivity contribution is 5.95. The van der Waals surface area contributed by atoms with Crippen LogP contribution in [0, 0.1) is 5.92 Å². The van der Waals surface area contributed by atoms with Gasteiger partial charge in [0.25, 0.3) is 5.91 Å². The van der Waals surface area contributed by atoms with Crippen LogP contribution < -0.4 is 5.73 Å². The first-order valence-electron chi connectivity index (χ1n) is 7.19. The lowest BCUT2D eigenvalue weighted by atomic mass is 9.82. The Morgan fingerprint density at radius 1 is 1.30 bits per heavy atom. The van der Waals surface area contributed by atoms with Crippen LogP contribution >= 0.6 is 0 Å². The monoisotopic (exact) mass is 273 g/mol. The van der Waals surface area contributed by atoms with Crippen molar-refractivity contribution in [3.8, 4) is 0 Å². The van der Waals surface area contributed by atoms with E-state index in [0.717, 1.165) is 18.5 Å². The van der Waals surface area contributed by atoms with Crippen molar-refractivity contribution in [2.45, 2.75) is 31.6 Å². The van der Waals surface area contributed by atoms with Crippen molar-refractivity contribution in [3.05, 3.63) is 29.6 Å². The van der Waals surface area contributed by atoms with Crippen molar-refractivity contribution >= 4 is 11.8 Å². The predicted molar refractivity (Wildman–Crippen MR) is 74.0 cm³/mol. The van der Waals surface area contributed by atoms with Gasteiger partial charge in [0.2, 0.25) is 5.91 Å². The van der Waals surface area contributed by atoms with Crippen molar-refractivity contribution in [2.75, 3.05) is 13.1 Å². The van der Waals surface area contributed by atoms with Gasteiger partial charge in [0, 0.05) is 36.5 Å². The normalized spacial score (nSPS) is 22.6. The molecular formula is C15H19N3O2. The van der Waals surface area contributed by atoms with E-state index in [9.17, 15) is 9.59 Å². The number of amides is 2. The van der Waals surface area contributed by atoms with Gasteiger partial charge >= 0.3 is 0 Å². The van der Waals surface area contributed by atoms with Crippen molar-refractivity contribution in [2.24, 2.45) is 11.7 Å². The molecule has 1 aliphatic heterocycles. The maximum absolute atomic E-state index is 12.4. The fourth-order valence-corrected chi connectivity index (χ4v) is 2.87. The van der Waals surface area contributed by atoms with Crippen LogP contribution in [0.4, 0.5) is 0 Å². The maximum Gasteiger partial charge on any atom is 0.253 e. The molecule has 1 saturated carbocycles. The molecule has 1 saturated heterocycles. The minimum Gasteiger partial charge on any atom is -0.369 e. The molecule has 1 aromatic heterocycles. The van der Waals surface area contributed by atoms with E-state index >= 15 is 0 Å². The summed E-state index contributed by atoms with van der Waals surface area (Å²) in [6, 6.07) is 3.66. The molecule has 0 spiro atoms. The minimum atomic E-state index is -0.315. The Bertz CT molecular complexity index is 540. The first-order valence-corrected chi connectivity index (χ1v) is 7.19. The van der Waals surface area contributed by atoms with E-state index in [1.807, 2.05) is 6.07 Å². The largest absolute Gasteiger partial charge is 0.369 e. The van der Waals surface area contributed by atoms with Crippen molar-refractivity contribution < 1.29 is 9.59 Å². The van der Waals surface area contributed by atoms with Crippen LogP contribution in [0.15, 0.2) is 18.3 Å². The van der Waals surface area contributed by atoms with E-state index in [-0.39, 0.29) is 17.7 Å². The molecule has 106 valence electrons. The van der Waals surface area contributed by atoms with Gasteiger partial charge in [-0.2, -0.15) is 0 Å². The number of nitrogens with zero attached hydrogens (tertiary/aromatic N) is 2. The van der Waals surface area contributed by atoms with Crippen LogP contribution in [0.5, 0.6) is 0 Å². The zero-order valence-corrected chi connectivity index (χ0v) is 11.4. The number of rotatable bonds is 3. The second-order valence-corrected chi connectivity index (χ2v) is 5.74. The molecule has 1 unspecified atom stereocenters. The van der Waals surface area contributed by atoms with Crippen LogP contribution in [0.2, 0.25) is 0 Å². The highest BCUT2D eigenvalue weighted by Crippen LogP contribution is 2.35. The summed E-state index contributed by atoms with van der Waals surface area (Å²) in [7, 11) is 0. The number of primary amides is 1. The molecule has 2 amide bonds. The number of pyridine rings is 1. The third-order valence-electron chi connectivity index (χ3n) is 4.43. The van der Waals surface area contributed by atoms with Crippen LogP contribution in [0.25, 0.3) is 0 Å². The maximum atomic E-state index is 12.4. The van der Waals surface area contributed by atoms with E-state index in [1.165, 1.54) is 6.42 Å². The number of aromatic nitrogens is 1. The second-order valence-electron chi connectivity index (χ2n) is 5.74. The summed E-state index contributed by atoms with van der Waals surface area (Å²) in [5, 5.41) is 0. The Hall–Kier alpha value is -1.91. The zero-order valence-electron chi connectivity index (χ0n) is 11.4. The van der Waals surface area contributed by atoms with Crippen LogP contribution in [0.1, 0.15) is 47.7 Å². The van der Waals surface area contributed by atoms with Gasteiger partial charge in [-0.3, -0.25) is 14.6 Å². The Kier molecular flexibility index (Phi) is 3.42. The molecule has 2 fully saturated rings. The average Bonchev–Trinajstić information content (AvgIpc) is 2.86. The molecule has 2 aliphatic rings. The van der Waals surface area contributed by atoms with Gasteiger partial charge in [-0.15, -0.1) is 0 Å². The average molecular weight is 273 g/mol. The molecule has 0 aromatic carbocycles. The Balaban J connectivity index is 1.72. The molecule has 20 heavy (non-hydrogen) atoms. The lowest BCUT2D eigenvalue weighted by Crippen LogP contribution is -2.31. The standard InChI is InChI=1S/C15H19N3O2/c16-14(19)12-5-7-18(9-12)15(20)11-4-6-17-13(8-11)10-2-1-3-10/h4,6,8,10,12H,1-3,5,7,9H2,(H2,16,19). The molecule has 1 aliphatic carbocycles. The van der Waals surface area contributed by atoms with Gasteiger partial charge in [0.15, 0.2) is 0 Å². The van der Waals surface area contributed by atoms with Gasteiger partial charge in [0.05, 0.1) is 5.92 Å². The van der Waals surface area contributed by atoms with Crippen LogP contribution in [0.3, 0.4) is 0 Å². The summed E-state index contributed by atoms with van der Waals surface area (Å²) in [6.45, 7) is 1.04. The van der Waals surface area contributed by atoms with Gasteiger partial charge < -0.3 is 10.6 Å². The number of hydrogen-bond donors (Lipinski definition) is 1. The van der Waals surface area contributed by atoms with Crippen LogP contribution in [-0.2, 0) is 4.79 Å². The van der Waals surface area contributed by atoms with E-state index in [4.69, 9.17) is 5.73 Å². The Morgan fingerprint density at radius 2 is 2.10 bits per heavy atom. The topological polar surface area (TPSA) is 76.3 Å². The highest BCUT2D eigenvalue weighted by atomic mass is 16.2. The molecule has 5 nitrogen and oxygen atoms in total. The second kappa shape index (κ2) is 5.23. The quantitative estimate of drug-likeness (QED) is 0.901. The first-order chi connectivity index (χ1) is 9.65.